The van der Waals surface area contributed by atoms with Gasteiger partial charge in [-0.05, 0) is 152 Å². The van der Waals surface area contributed by atoms with Crippen molar-refractivity contribution in [3.05, 3.63) is 84.0 Å². The molecule has 33 heteroatoms. The number of aromatic amines is 1. The molecule has 1 aromatic carbocycles. The summed E-state index contributed by atoms with van der Waals surface area (Å²) < 4.78 is 76.3. The van der Waals surface area contributed by atoms with Crippen LogP contribution in [-0.2, 0) is 90.4 Å². The van der Waals surface area contributed by atoms with Crippen molar-refractivity contribution in [2.24, 2.45) is 35.5 Å². The lowest BCUT2D eigenvalue weighted by Crippen LogP contribution is -2.60. The molecule has 11 atom stereocenters. The molecule has 33 nitrogen and oxygen atoms in total. The van der Waals surface area contributed by atoms with Crippen LogP contribution in [0.15, 0.2) is 78.2 Å². The number of carbonyl (C=O) groups is 8. The Balaban J connectivity index is 0.577. The summed E-state index contributed by atoms with van der Waals surface area (Å²) in [5, 5.41) is 37.7. The SMILES string of the molecule is COc1cccc2cc(-c3nc([C@H]4CC[C@H](C(=O)NCCOCCOCCNC(=O)CCOCCOCCOCCOCCOCCNC(=O)O[C@H]5CC[C@H](CC[C@@H]6CC(=O)[C@H](C)/C=C(\C)[C@@H](O)[C@@H](OC)C(=O)[C@H](C)C[C@H](C)/C=C/C=C/C=C(\C)[C@@H](OC)CC7CC[C@@H](C)[C@@](O)(O7)C(=O)C(=O)N7CCCC[C@H]7C(=O)O6)CC5)CC4)n4ncnc(N)c34)[nH]c12. The average Bonchev–Trinajstić information content (AvgIpc) is 1.42. The van der Waals surface area contributed by atoms with Gasteiger partial charge < -0.3 is 103 Å². The molecular formula is C90H134N10O23. The van der Waals surface area contributed by atoms with E-state index in [0.717, 1.165) is 46.6 Å². The van der Waals surface area contributed by atoms with E-state index in [1.807, 2.05) is 68.5 Å². The number of nitrogens with two attached hydrogens (primary N) is 1. The van der Waals surface area contributed by atoms with Gasteiger partial charge in [-0.25, -0.2) is 24.1 Å². The number of alkyl carbamates (subject to hydrolysis) is 1. The number of hydrogen-bond acceptors (Lipinski definition) is 27. The summed E-state index contributed by atoms with van der Waals surface area (Å²) in [6.07, 6.45) is 16.4. The number of allylic oxidation sites excluding steroid dienone is 6. The van der Waals surface area contributed by atoms with Crippen molar-refractivity contribution in [1.82, 2.24) is 45.4 Å². The number of hydrogen-bond donors (Lipinski definition) is 7. The predicted molar refractivity (Wildman–Crippen MR) is 457 cm³/mol. The van der Waals surface area contributed by atoms with E-state index in [0.29, 0.717) is 198 Å². The van der Waals surface area contributed by atoms with Crippen molar-refractivity contribution < 1.29 is 110 Å². The van der Waals surface area contributed by atoms with Gasteiger partial charge in [-0.15, -0.1) is 0 Å². The summed E-state index contributed by atoms with van der Waals surface area (Å²) in [5.74, 6) is -6.22. The van der Waals surface area contributed by atoms with Crippen molar-refractivity contribution in [1.29, 1.82) is 0 Å². The molecule has 4 fully saturated rings. The third-order valence-electron chi connectivity index (χ3n) is 24.0. The summed E-state index contributed by atoms with van der Waals surface area (Å²) in [7, 11) is 4.57. The number of nitrogen functional groups attached to an aromatic ring is 1. The standard InChI is InChI=1S/C90H134N10O23/c1-58-16-11-10-12-17-59(2)75(112-8)56-70-29-21-63(6)90(110,123-70)83(105)87(107)99-37-14-13-19-72(99)88(108)121-69(55-73(101)60(3)53-62(5)81(104)82(113-9)80(103)61(4)52-58)32-24-64-22-30-68(31-23-64)122-89(109)94-36-41-117-45-47-119-49-51-120-50-48-118-46-42-114-38-33-76(102)92-34-39-115-43-44-116-40-35-93-86(106)66-27-25-65(26-28-66)85-98-78(79-84(91)95-57-96-100(79)85)71-54-67-18-15-20-74(111-7)77(67)97-71/h10-12,15-18,20,53-54,57-58,60-61,63-66,68-70,72,75,81-82,97,104,110H,13-14,19,21-52,55-56H2,1-9H3,(H,92,102)(H,93,106)(H,94,109)(H2,91,95,96)/b12-10+,16-11+,59-17+,62-53+/t58-,60-,61-,63-,64-,65-,66-,68-,69-,70?,72+,75+,81-,82+,90-/m1/s1. The van der Waals surface area contributed by atoms with Crippen LogP contribution in [-0.4, -0.2) is 275 Å². The molecule has 9 rings (SSSR count). The number of H-pyrrole nitrogens is 1. The maximum atomic E-state index is 14.5. The maximum Gasteiger partial charge on any atom is 0.407 e. The monoisotopic (exact) mass is 1720 g/mol. The molecule has 6 heterocycles. The summed E-state index contributed by atoms with van der Waals surface area (Å²) in [4.78, 5) is 124. The number of ether oxygens (including phenoxy) is 13. The Kier molecular flexibility index (Phi) is 41.0. The quantitative estimate of drug-likeness (QED) is 0.00958. The number of piperidine rings is 1. The minimum atomic E-state index is -2.47. The van der Waals surface area contributed by atoms with E-state index >= 15 is 0 Å². The number of aliphatic hydroxyl groups excluding tert-OH is 1. The van der Waals surface area contributed by atoms with Gasteiger partial charge in [0.2, 0.25) is 17.6 Å². The number of aromatic nitrogens is 5. The lowest BCUT2D eigenvalue weighted by Gasteiger charge is -2.42. The second-order valence-electron chi connectivity index (χ2n) is 33.1. The highest BCUT2D eigenvalue weighted by molar-refractivity contribution is 6.39. The fourth-order valence-corrected chi connectivity index (χ4v) is 16.7. The van der Waals surface area contributed by atoms with Crippen LogP contribution in [0.4, 0.5) is 10.6 Å². The van der Waals surface area contributed by atoms with Gasteiger partial charge in [-0.2, -0.15) is 5.10 Å². The van der Waals surface area contributed by atoms with Gasteiger partial charge in [-0.3, -0.25) is 28.8 Å². The van der Waals surface area contributed by atoms with E-state index < -0.39 is 83.9 Å². The fourth-order valence-electron chi connectivity index (χ4n) is 16.7. The number of methoxy groups -OCH3 is 3. The van der Waals surface area contributed by atoms with Crippen molar-refractivity contribution in [3.63, 3.8) is 0 Å². The molecular weight excluding hydrogens is 1590 g/mol. The van der Waals surface area contributed by atoms with Crippen molar-refractivity contribution in [3.8, 4) is 17.1 Å². The number of esters is 1. The van der Waals surface area contributed by atoms with E-state index in [9.17, 15) is 48.6 Å². The summed E-state index contributed by atoms with van der Waals surface area (Å²) in [6.45, 7) is 16.3. The molecule has 3 aromatic heterocycles. The molecule has 5 aliphatic rings. The second-order valence-corrected chi connectivity index (χ2v) is 33.1. The van der Waals surface area contributed by atoms with Crippen molar-refractivity contribution in [2.75, 3.05) is 146 Å². The third kappa shape index (κ3) is 29.9. The first kappa shape index (κ1) is 98.3. The maximum absolute atomic E-state index is 14.5. The zero-order valence-electron chi connectivity index (χ0n) is 73.4. The number of imidazole rings is 1. The molecule has 2 bridgehead atoms. The molecule has 4 aromatic rings. The van der Waals surface area contributed by atoms with Crippen molar-refractivity contribution >= 4 is 69.4 Å². The largest absolute Gasteiger partial charge is 0.495 e. The summed E-state index contributed by atoms with van der Waals surface area (Å²) >= 11 is 0. The van der Waals surface area contributed by atoms with Gasteiger partial charge in [0.25, 0.3) is 11.7 Å². The first-order valence-electron chi connectivity index (χ1n) is 44.1. The number of cyclic esters (lactones) is 1. The number of fused-ring (bicyclic) bond motifs is 5. The van der Waals surface area contributed by atoms with Crippen LogP contribution < -0.4 is 26.4 Å². The second kappa shape index (κ2) is 51.2. The van der Waals surface area contributed by atoms with E-state index in [-0.39, 0.29) is 105 Å². The van der Waals surface area contributed by atoms with Gasteiger partial charge in [0.05, 0.1) is 123 Å². The smallest absolute Gasteiger partial charge is 0.407 e. The number of para-hydroxylation sites is 1. The van der Waals surface area contributed by atoms with Crippen molar-refractivity contribution in [2.45, 2.75) is 218 Å². The van der Waals surface area contributed by atoms with Crippen LogP contribution >= 0.6 is 0 Å². The Morgan fingerprint density at radius 3 is 2.02 bits per heavy atom. The van der Waals surface area contributed by atoms with Gasteiger partial charge in [0.1, 0.15) is 65.4 Å². The Bertz CT molecular complexity index is 4150. The summed E-state index contributed by atoms with van der Waals surface area (Å²) in [5.41, 5.74) is 10.6. The minimum absolute atomic E-state index is 0.00840. The first-order valence-corrected chi connectivity index (χ1v) is 44.1. The van der Waals surface area contributed by atoms with Crippen LogP contribution in [0.1, 0.15) is 175 Å². The number of rotatable bonds is 37. The van der Waals surface area contributed by atoms with Crippen LogP contribution in [0, 0.1) is 35.5 Å². The number of benzene rings is 1. The van der Waals surface area contributed by atoms with Gasteiger partial charge in [0, 0.05) is 94.6 Å². The number of Topliss-reactive ketones (excluding diaryl/α,β-unsaturated/α-hetero) is 3. The Morgan fingerprint density at radius 2 is 1.36 bits per heavy atom. The minimum Gasteiger partial charge on any atom is -0.495 e. The molecule has 4 amide bonds. The van der Waals surface area contributed by atoms with Gasteiger partial charge in [0.15, 0.2) is 11.6 Å². The predicted octanol–water partition coefficient (Wildman–Crippen LogP) is 8.93. The third-order valence-corrected chi connectivity index (χ3v) is 24.0. The number of ketones is 3. The number of amides is 4. The van der Waals surface area contributed by atoms with Crippen LogP contribution in [0.25, 0.3) is 27.8 Å². The van der Waals surface area contributed by atoms with E-state index in [4.69, 9.17) is 72.3 Å². The van der Waals surface area contributed by atoms with Crippen LogP contribution in [0.3, 0.4) is 0 Å². The molecule has 2 saturated carbocycles. The highest BCUT2D eigenvalue weighted by Gasteiger charge is 2.53. The number of nitrogens with zero attached hydrogens (tertiary/aromatic N) is 5. The zero-order chi connectivity index (χ0) is 88.2. The van der Waals surface area contributed by atoms with E-state index in [1.54, 1.807) is 52.5 Å². The van der Waals surface area contributed by atoms with Crippen LogP contribution in [0.5, 0.6) is 5.75 Å². The van der Waals surface area contributed by atoms with Crippen LogP contribution in [0.2, 0.25) is 0 Å². The number of nitrogens with one attached hydrogen (secondary N) is 4. The fraction of sp³-hybridized carbons (Fsp3) is 0.678. The zero-order valence-corrected chi connectivity index (χ0v) is 73.4. The Morgan fingerprint density at radius 1 is 0.707 bits per heavy atom. The molecule has 8 N–H and O–H groups in total. The topological polar surface area (TPSA) is 421 Å². The number of anilines is 1. The molecule has 3 aliphatic heterocycles. The molecule has 1 unspecified atom stereocenters. The van der Waals surface area contributed by atoms with Gasteiger partial charge in [-0.1, -0.05) is 76.3 Å². The van der Waals surface area contributed by atoms with Gasteiger partial charge >= 0.3 is 12.1 Å². The molecule has 2 aliphatic carbocycles. The normalized spacial score (nSPS) is 27.9. The first-order chi connectivity index (χ1) is 59.4. The molecule has 682 valence electrons. The van der Waals surface area contributed by atoms with E-state index in [2.05, 4.69) is 31.0 Å². The summed E-state index contributed by atoms with van der Waals surface area (Å²) in [6, 6.07) is 6.68. The molecule has 0 radical (unpaired) electrons. The highest BCUT2D eigenvalue weighted by atomic mass is 16.6. The lowest BCUT2D eigenvalue weighted by molar-refractivity contribution is -0.265. The molecule has 123 heavy (non-hydrogen) atoms. The lowest BCUT2D eigenvalue weighted by atomic mass is 9.81. The Labute approximate surface area is 722 Å². The molecule has 2 saturated heterocycles. The highest BCUT2D eigenvalue weighted by Crippen LogP contribution is 2.41. The number of carbonyl (C=O) groups excluding carboxylic acids is 8. The Hall–Kier alpha value is -8.45. The molecule has 0 spiro atoms. The average molecular weight is 1720 g/mol. The number of aliphatic hydroxyl groups is 2. The van der Waals surface area contributed by atoms with E-state index in [1.165, 1.54) is 18.3 Å².